The van der Waals surface area contributed by atoms with Crippen LogP contribution in [0.3, 0.4) is 0 Å². The van der Waals surface area contributed by atoms with Crippen molar-refractivity contribution in [1.82, 2.24) is 0 Å². The van der Waals surface area contributed by atoms with Crippen molar-refractivity contribution < 1.29 is 37.3 Å². The van der Waals surface area contributed by atoms with Crippen molar-refractivity contribution in [3.63, 3.8) is 0 Å². The summed E-state index contributed by atoms with van der Waals surface area (Å²) >= 11 is 0. The van der Waals surface area contributed by atoms with Crippen molar-refractivity contribution in [3.05, 3.63) is 122 Å². The smallest absolute Gasteiger partial charge is 0.306 e. The van der Waals surface area contributed by atoms with E-state index in [0.29, 0.717) is 17.6 Å². The van der Waals surface area contributed by atoms with Crippen molar-refractivity contribution in [3.8, 4) is 0 Å². The third-order valence-electron chi connectivity index (χ3n) is 10.0. The molecule has 2 unspecified atom stereocenters. The van der Waals surface area contributed by atoms with Crippen LogP contribution in [0, 0.1) is 0 Å². The van der Waals surface area contributed by atoms with Gasteiger partial charge < -0.3 is 27.9 Å². The number of carbonyl (C=O) groups is 1. The number of hydrogen-bond donors (Lipinski definition) is 0. The molecule has 0 saturated heterocycles. The molecule has 0 aliphatic carbocycles. The van der Waals surface area contributed by atoms with Crippen LogP contribution in [0.4, 0.5) is 0 Å². The van der Waals surface area contributed by atoms with E-state index in [9.17, 15) is 14.3 Å². The summed E-state index contributed by atoms with van der Waals surface area (Å²) in [6.45, 7) is 5.09. The fourth-order valence-corrected chi connectivity index (χ4v) is 6.92. The van der Waals surface area contributed by atoms with Crippen molar-refractivity contribution >= 4 is 13.8 Å². The second kappa shape index (κ2) is 47.4. The lowest BCUT2D eigenvalue weighted by atomic mass is 10.1. The molecule has 0 rings (SSSR count). The fraction of sp³-hybridized carbons (Fsp3) is 0.625. The van der Waals surface area contributed by atoms with Crippen LogP contribution in [0.5, 0.6) is 0 Å². The van der Waals surface area contributed by atoms with Gasteiger partial charge in [0.05, 0.1) is 34.4 Å². The monoisotopic (exact) mass is 924 g/mol. The number of allylic oxidation sites excluding steroid dienone is 20. The van der Waals surface area contributed by atoms with Crippen LogP contribution >= 0.6 is 7.82 Å². The van der Waals surface area contributed by atoms with Crippen LogP contribution in [0.2, 0.25) is 0 Å². The summed E-state index contributed by atoms with van der Waals surface area (Å²) in [4.78, 5) is 25.2. The Hall–Kier alpha value is -3.10. The standard InChI is InChI=1S/C56H94NO7P/c1-6-8-10-12-14-16-18-20-22-24-26-27-28-29-30-31-32-33-35-37-39-41-43-45-47-49-56(58)64-55(54-63-65(59,60)62-52-50-57(3,4)5)53-61-51-48-46-44-42-40-38-36-34-25-23-21-19-17-15-13-11-9-7-2/h8-11,14-17,20-23,26-27,29-30,32-34,36,55H,6-7,12-13,18-19,24-25,28,31,35,37-54H2,1-5H3/b10-8-,11-9-,16-14-,17-15-,22-20-,23-21-,27-26-,30-29-,33-32-,36-34-. The molecule has 0 radical (unpaired) electrons. The van der Waals surface area contributed by atoms with Crippen molar-refractivity contribution in [2.75, 3.05) is 54.1 Å². The number of ether oxygens (including phenoxy) is 2. The minimum atomic E-state index is -4.55. The van der Waals surface area contributed by atoms with Crippen molar-refractivity contribution in [2.24, 2.45) is 0 Å². The lowest BCUT2D eigenvalue weighted by molar-refractivity contribution is -0.870. The second-order valence-electron chi connectivity index (χ2n) is 17.4. The van der Waals surface area contributed by atoms with Crippen molar-refractivity contribution in [1.29, 1.82) is 0 Å². The van der Waals surface area contributed by atoms with E-state index in [-0.39, 0.29) is 32.2 Å². The molecule has 65 heavy (non-hydrogen) atoms. The van der Waals surface area contributed by atoms with Gasteiger partial charge in [-0.2, -0.15) is 0 Å². The lowest BCUT2D eigenvalue weighted by Gasteiger charge is -2.28. The Labute approximate surface area is 399 Å². The molecule has 370 valence electrons. The van der Waals surface area contributed by atoms with Crippen LogP contribution < -0.4 is 4.89 Å². The van der Waals surface area contributed by atoms with Gasteiger partial charge >= 0.3 is 5.97 Å². The van der Waals surface area contributed by atoms with Gasteiger partial charge in [-0.1, -0.05) is 180 Å². The average molecular weight is 924 g/mol. The molecule has 2 atom stereocenters. The normalized spacial score (nSPS) is 14.6. The maximum absolute atomic E-state index is 12.8. The lowest BCUT2D eigenvalue weighted by Crippen LogP contribution is -2.37. The summed E-state index contributed by atoms with van der Waals surface area (Å²) in [5.41, 5.74) is 0. The van der Waals surface area contributed by atoms with Crippen LogP contribution in [0.15, 0.2) is 122 Å². The van der Waals surface area contributed by atoms with Gasteiger partial charge in [0, 0.05) is 13.0 Å². The molecule has 9 heteroatoms. The summed E-state index contributed by atoms with van der Waals surface area (Å²) in [6, 6.07) is 0. The average Bonchev–Trinajstić information content (AvgIpc) is 3.27. The number of phosphoric ester groups is 1. The van der Waals surface area contributed by atoms with E-state index < -0.39 is 13.9 Å². The highest BCUT2D eigenvalue weighted by Gasteiger charge is 2.20. The highest BCUT2D eigenvalue weighted by Crippen LogP contribution is 2.38. The van der Waals surface area contributed by atoms with Gasteiger partial charge in [0.15, 0.2) is 0 Å². The number of hydrogen-bond acceptors (Lipinski definition) is 7. The molecular formula is C56H94NO7P. The molecule has 0 saturated carbocycles. The number of likely N-dealkylation sites (N-methyl/N-ethyl adjacent to an activating group) is 1. The number of unbranched alkanes of at least 4 members (excludes halogenated alkanes) is 11. The van der Waals surface area contributed by atoms with Gasteiger partial charge in [-0.3, -0.25) is 9.36 Å². The number of nitrogens with zero attached hydrogens (tertiary/aromatic N) is 1. The molecule has 0 aromatic rings. The van der Waals surface area contributed by atoms with E-state index in [0.717, 1.165) is 122 Å². The molecule has 0 spiro atoms. The van der Waals surface area contributed by atoms with E-state index in [2.05, 4.69) is 135 Å². The first kappa shape index (κ1) is 61.9. The Kier molecular flexibility index (Phi) is 45.1. The number of phosphoric acid groups is 1. The van der Waals surface area contributed by atoms with Crippen LogP contribution in [0.25, 0.3) is 0 Å². The molecule has 0 fully saturated rings. The van der Waals surface area contributed by atoms with E-state index in [4.69, 9.17) is 18.5 Å². The minimum absolute atomic E-state index is 0.0111. The zero-order chi connectivity index (χ0) is 47.6. The topological polar surface area (TPSA) is 94.1 Å². The highest BCUT2D eigenvalue weighted by atomic mass is 31.2. The first-order chi connectivity index (χ1) is 31.6. The molecule has 0 heterocycles. The summed E-state index contributed by atoms with van der Waals surface area (Å²) in [6.07, 6.45) is 67.9. The highest BCUT2D eigenvalue weighted by molar-refractivity contribution is 7.45. The zero-order valence-corrected chi connectivity index (χ0v) is 42.8. The molecule has 0 aliphatic heterocycles. The Bertz CT molecular complexity index is 1450. The molecule has 0 aliphatic rings. The van der Waals surface area contributed by atoms with Crippen LogP contribution in [-0.4, -0.2) is 70.7 Å². The quantitative estimate of drug-likeness (QED) is 0.0197. The van der Waals surface area contributed by atoms with Crippen LogP contribution in [0.1, 0.15) is 168 Å². The molecule has 8 nitrogen and oxygen atoms in total. The Balaban J connectivity index is 4.26. The van der Waals surface area contributed by atoms with Gasteiger partial charge in [-0.15, -0.1) is 0 Å². The molecule has 0 N–H and O–H groups in total. The second-order valence-corrected chi connectivity index (χ2v) is 18.8. The molecular weight excluding hydrogens is 830 g/mol. The Morgan fingerprint density at radius 1 is 0.477 bits per heavy atom. The van der Waals surface area contributed by atoms with E-state index in [1.165, 1.54) is 25.7 Å². The third kappa shape index (κ3) is 51.7. The van der Waals surface area contributed by atoms with Gasteiger partial charge in [-0.25, -0.2) is 0 Å². The van der Waals surface area contributed by atoms with Gasteiger partial charge in [-0.05, 0) is 103 Å². The Morgan fingerprint density at radius 2 is 0.846 bits per heavy atom. The predicted molar refractivity (Wildman–Crippen MR) is 277 cm³/mol. The predicted octanol–water partition coefficient (Wildman–Crippen LogP) is 15.1. The number of quaternary nitrogens is 1. The summed E-state index contributed by atoms with van der Waals surface area (Å²) in [7, 11) is 1.31. The maximum Gasteiger partial charge on any atom is 0.306 e. The van der Waals surface area contributed by atoms with E-state index >= 15 is 0 Å². The third-order valence-corrected chi connectivity index (χ3v) is 11.0. The molecule has 0 aromatic heterocycles. The summed E-state index contributed by atoms with van der Waals surface area (Å²) in [5.74, 6) is -0.361. The Morgan fingerprint density at radius 3 is 1.26 bits per heavy atom. The fourth-order valence-electron chi connectivity index (χ4n) is 6.19. The minimum Gasteiger partial charge on any atom is -0.756 e. The maximum atomic E-state index is 12.8. The molecule has 0 amide bonds. The first-order valence-corrected chi connectivity index (χ1v) is 26.7. The van der Waals surface area contributed by atoms with Gasteiger partial charge in [0.2, 0.25) is 0 Å². The number of esters is 1. The van der Waals surface area contributed by atoms with Crippen LogP contribution in [-0.2, 0) is 27.9 Å². The van der Waals surface area contributed by atoms with Crippen molar-refractivity contribution in [2.45, 2.75) is 174 Å². The van der Waals surface area contributed by atoms with Gasteiger partial charge in [0.1, 0.15) is 19.3 Å². The summed E-state index contributed by atoms with van der Waals surface area (Å²) in [5, 5.41) is 0. The first-order valence-electron chi connectivity index (χ1n) is 25.3. The van der Waals surface area contributed by atoms with E-state index in [1.54, 1.807) is 0 Å². The zero-order valence-electron chi connectivity index (χ0n) is 41.9. The number of carbonyl (C=O) groups excluding carboxylic acids is 1. The SMILES string of the molecule is CC/C=C\C/C=C\C/C=C\C/C=C\C/C=C\C/C=C\CCCCCCCCC(=O)OC(COCCCCCCC/C=C\C/C=C\C/C=C\C/C=C\CC)COP(=O)([O-])OCC[N+](C)(C)C. The van der Waals surface area contributed by atoms with E-state index in [1.807, 2.05) is 21.1 Å². The van der Waals surface area contributed by atoms with Gasteiger partial charge in [0.25, 0.3) is 7.82 Å². The molecule has 0 aromatic carbocycles. The molecule has 0 bridgehead atoms. The summed E-state index contributed by atoms with van der Waals surface area (Å²) < 4.78 is 34.7. The number of rotatable bonds is 45. The largest absolute Gasteiger partial charge is 0.756 e.